The van der Waals surface area contributed by atoms with Crippen molar-refractivity contribution in [3.63, 3.8) is 0 Å². The molecule has 0 saturated carbocycles. The summed E-state index contributed by atoms with van der Waals surface area (Å²) in [5, 5.41) is 2.08. The maximum atomic E-state index is 5.17. The van der Waals surface area contributed by atoms with Gasteiger partial charge in [-0.25, -0.2) is 4.98 Å². The first-order valence-corrected chi connectivity index (χ1v) is 6.56. The van der Waals surface area contributed by atoms with Crippen molar-refractivity contribution in [1.82, 2.24) is 9.97 Å². The largest absolute Gasteiger partial charge is 0.347 e. The maximum absolute atomic E-state index is 5.17. The molecule has 0 unspecified atom stereocenters. The number of aromatic amines is 1. The van der Waals surface area contributed by atoms with Crippen LogP contribution in [0.15, 0.2) is 23.6 Å². The standard InChI is InChI=1S/C12H14N2S2/c1-8(2)10-7-12(15)14-11(13-10)6-9-4-3-5-16-9/h3-5,7-8H,6H2,1-2H3,(H,13,14,15). The Morgan fingerprint density at radius 1 is 1.50 bits per heavy atom. The molecule has 2 rings (SSSR count). The average molecular weight is 250 g/mol. The summed E-state index contributed by atoms with van der Waals surface area (Å²) >= 11 is 6.92. The van der Waals surface area contributed by atoms with E-state index < -0.39 is 0 Å². The van der Waals surface area contributed by atoms with E-state index in [1.165, 1.54) is 4.88 Å². The van der Waals surface area contributed by atoms with E-state index in [9.17, 15) is 0 Å². The molecule has 0 aliphatic carbocycles. The summed E-state index contributed by atoms with van der Waals surface area (Å²) in [4.78, 5) is 9.01. The lowest BCUT2D eigenvalue weighted by atomic mass is 10.1. The van der Waals surface area contributed by atoms with Crippen molar-refractivity contribution in [2.45, 2.75) is 26.2 Å². The van der Waals surface area contributed by atoms with Gasteiger partial charge in [0.25, 0.3) is 0 Å². The van der Waals surface area contributed by atoms with Crippen molar-refractivity contribution < 1.29 is 0 Å². The van der Waals surface area contributed by atoms with Crippen LogP contribution in [-0.4, -0.2) is 9.97 Å². The summed E-state index contributed by atoms with van der Waals surface area (Å²) < 4.78 is 0.675. The third kappa shape index (κ3) is 2.77. The van der Waals surface area contributed by atoms with Crippen LogP contribution >= 0.6 is 23.6 Å². The highest BCUT2D eigenvalue weighted by atomic mass is 32.1. The van der Waals surface area contributed by atoms with Gasteiger partial charge in [-0.05, 0) is 23.4 Å². The zero-order chi connectivity index (χ0) is 11.5. The Morgan fingerprint density at radius 3 is 2.94 bits per heavy atom. The van der Waals surface area contributed by atoms with Crippen LogP contribution in [0.25, 0.3) is 0 Å². The Labute approximate surface area is 104 Å². The van der Waals surface area contributed by atoms with Crippen molar-refractivity contribution in [2.24, 2.45) is 0 Å². The van der Waals surface area contributed by atoms with E-state index in [0.717, 1.165) is 17.9 Å². The lowest BCUT2D eigenvalue weighted by Crippen LogP contribution is -2.01. The molecule has 0 fully saturated rings. The second-order valence-corrected chi connectivity index (χ2v) is 5.48. The van der Waals surface area contributed by atoms with E-state index in [4.69, 9.17) is 12.2 Å². The number of rotatable bonds is 3. The molecule has 0 bridgehead atoms. The Morgan fingerprint density at radius 2 is 2.31 bits per heavy atom. The van der Waals surface area contributed by atoms with Crippen molar-refractivity contribution >= 4 is 23.6 Å². The number of hydrogen-bond acceptors (Lipinski definition) is 3. The molecule has 2 nitrogen and oxygen atoms in total. The van der Waals surface area contributed by atoms with Crippen LogP contribution in [0, 0.1) is 4.64 Å². The van der Waals surface area contributed by atoms with E-state index >= 15 is 0 Å². The number of H-pyrrole nitrogens is 1. The quantitative estimate of drug-likeness (QED) is 0.837. The lowest BCUT2D eigenvalue weighted by molar-refractivity contribution is 0.790. The second kappa shape index (κ2) is 4.89. The Hall–Kier alpha value is -1.00. The topological polar surface area (TPSA) is 28.7 Å². The van der Waals surface area contributed by atoms with Crippen molar-refractivity contribution in [2.75, 3.05) is 0 Å². The van der Waals surface area contributed by atoms with E-state index in [-0.39, 0.29) is 0 Å². The predicted octanol–water partition coefficient (Wildman–Crippen LogP) is 3.91. The molecule has 0 aliphatic heterocycles. The minimum absolute atomic E-state index is 0.451. The fourth-order valence-corrected chi connectivity index (χ4v) is 2.45. The molecule has 0 atom stereocenters. The molecular formula is C12H14N2S2. The highest BCUT2D eigenvalue weighted by Crippen LogP contribution is 2.15. The van der Waals surface area contributed by atoms with Crippen LogP contribution in [0.5, 0.6) is 0 Å². The minimum atomic E-state index is 0.451. The zero-order valence-electron chi connectivity index (χ0n) is 9.36. The smallest absolute Gasteiger partial charge is 0.130 e. The second-order valence-electron chi connectivity index (χ2n) is 4.03. The maximum Gasteiger partial charge on any atom is 0.130 e. The molecule has 1 N–H and O–H groups in total. The number of nitrogens with zero attached hydrogens (tertiary/aromatic N) is 1. The average Bonchev–Trinajstić information content (AvgIpc) is 2.69. The Bertz CT molecular complexity index is 512. The van der Waals surface area contributed by atoms with Crippen LogP contribution in [0.1, 0.15) is 36.2 Å². The molecule has 2 aromatic rings. The van der Waals surface area contributed by atoms with Gasteiger partial charge in [0, 0.05) is 17.0 Å². The number of nitrogens with one attached hydrogen (secondary N) is 1. The van der Waals surface area contributed by atoms with Gasteiger partial charge >= 0.3 is 0 Å². The van der Waals surface area contributed by atoms with Gasteiger partial charge < -0.3 is 4.98 Å². The highest BCUT2D eigenvalue weighted by Gasteiger charge is 2.04. The van der Waals surface area contributed by atoms with E-state index in [1.807, 2.05) is 6.07 Å². The fraction of sp³-hybridized carbons (Fsp3) is 0.333. The summed E-state index contributed by atoms with van der Waals surface area (Å²) in [5.74, 6) is 1.41. The molecule has 0 saturated heterocycles. The molecule has 84 valence electrons. The van der Waals surface area contributed by atoms with E-state index in [1.54, 1.807) is 11.3 Å². The van der Waals surface area contributed by atoms with Gasteiger partial charge in [0.2, 0.25) is 0 Å². The predicted molar refractivity (Wildman–Crippen MR) is 70.6 cm³/mol. The minimum Gasteiger partial charge on any atom is -0.347 e. The summed E-state index contributed by atoms with van der Waals surface area (Å²) in [6, 6.07) is 6.12. The Balaban J connectivity index is 2.31. The lowest BCUT2D eigenvalue weighted by Gasteiger charge is -2.07. The van der Waals surface area contributed by atoms with Gasteiger partial charge in [-0.15, -0.1) is 11.3 Å². The van der Waals surface area contributed by atoms with Crippen LogP contribution in [-0.2, 0) is 6.42 Å². The van der Waals surface area contributed by atoms with Gasteiger partial charge in [-0.2, -0.15) is 0 Å². The van der Waals surface area contributed by atoms with Crippen molar-refractivity contribution in [3.8, 4) is 0 Å². The molecule has 0 amide bonds. The first-order chi connectivity index (χ1) is 7.65. The highest BCUT2D eigenvalue weighted by molar-refractivity contribution is 7.71. The Kier molecular flexibility index (Phi) is 3.51. The number of thiophene rings is 1. The summed E-state index contributed by atoms with van der Waals surface area (Å²) in [7, 11) is 0. The summed E-state index contributed by atoms with van der Waals surface area (Å²) in [5.41, 5.74) is 1.16. The third-order valence-electron chi connectivity index (χ3n) is 2.36. The molecule has 0 aliphatic rings. The molecule has 0 radical (unpaired) electrons. The van der Waals surface area contributed by atoms with E-state index in [2.05, 4.69) is 41.3 Å². The van der Waals surface area contributed by atoms with Gasteiger partial charge in [0.1, 0.15) is 10.5 Å². The van der Waals surface area contributed by atoms with Crippen molar-refractivity contribution in [1.29, 1.82) is 0 Å². The molecule has 4 heteroatoms. The van der Waals surface area contributed by atoms with Crippen LogP contribution < -0.4 is 0 Å². The van der Waals surface area contributed by atoms with Gasteiger partial charge in [-0.1, -0.05) is 32.1 Å². The molecule has 2 aromatic heterocycles. The summed E-state index contributed by atoms with van der Waals surface area (Å²) in [6.45, 7) is 4.30. The van der Waals surface area contributed by atoms with Crippen LogP contribution in [0.4, 0.5) is 0 Å². The molecular weight excluding hydrogens is 236 g/mol. The number of aromatic nitrogens is 2. The van der Waals surface area contributed by atoms with Gasteiger partial charge in [0.15, 0.2) is 0 Å². The van der Waals surface area contributed by atoms with Gasteiger partial charge in [0.05, 0.1) is 0 Å². The first kappa shape index (κ1) is 11.5. The number of hydrogen-bond donors (Lipinski definition) is 1. The third-order valence-corrected chi connectivity index (χ3v) is 3.44. The zero-order valence-corrected chi connectivity index (χ0v) is 11.0. The monoisotopic (exact) mass is 250 g/mol. The van der Waals surface area contributed by atoms with E-state index in [0.29, 0.717) is 10.6 Å². The van der Waals surface area contributed by atoms with Gasteiger partial charge in [-0.3, -0.25) is 0 Å². The normalized spacial score (nSPS) is 10.9. The SMILES string of the molecule is CC(C)c1cc(=S)nc(Cc2cccs2)[nH]1. The van der Waals surface area contributed by atoms with Crippen LogP contribution in [0.2, 0.25) is 0 Å². The summed E-state index contributed by atoms with van der Waals surface area (Å²) in [6.07, 6.45) is 0.835. The molecule has 0 spiro atoms. The van der Waals surface area contributed by atoms with Crippen molar-refractivity contribution in [3.05, 3.63) is 44.6 Å². The van der Waals surface area contributed by atoms with Crippen LogP contribution in [0.3, 0.4) is 0 Å². The molecule has 16 heavy (non-hydrogen) atoms. The molecule has 0 aromatic carbocycles. The molecule has 2 heterocycles. The fourth-order valence-electron chi connectivity index (χ4n) is 1.50. The first-order valence-electron chi connectivity index (χ1n) is 5.27.